The molecule has 3 heteroatoms. The highest BCUT2D eigenvalue weighted by Crippen LogP contribution is 2.31. The molecule has 0 radical (unpaired) electrons. The Balaban J connectivity index is 4.76. The average Bonchev–Trinajstić information content (AvgIpc) is 2.02. The third-order valence-corrected chi connectivity index (χ3v) is 3.04. The lowest BCUT2D eigenvalue weighted by Gasteiger charge is -2.40. The molecule has 3 nitrogen and oxygen atoms in total. The number of rotatable bonds is 5. The zero-order valence-corrected chi connectivity index (χ0v) is 9.72. The van der Waals surface area contributed by atoms with Crippen molar-refractivity contribution in [2.75, 3.05) is 0 Å². The second-order valence-electron chi connectivity index (χ2n) is 4.72. The molecule has 82 valence electrons. The van der Waals surface area contributed by atoms with Crippen molar-refractivity contribution in [3.8, 4) is 0 Å². The first-order valence-electron chi connectivity index (χ1n) is 4.79. The van der Waals surface area contributed by atoms with Crippen molar-refractivity contribution in [2.24, 2.45) is 5.41 Å². The minimum atomic E-state index is -0.815. The van der Waals surface area contributed by atoms with Crippen LogP contribution in [0.25, 0.3) is 0 Å². The Morgan fingerprint density at radius 3 is 2.14 bits per heavy atom. The smallest absolute Gasteiger partial charge is 0.310 e. The van der Waals surface area contributed by atoms with Gasteiger partial charge < -0.3 is 10.4 Å². The molecule has 0 aliphatic carbocycles. The Hall–Kier alpha value is -0.830. The molecule has 0 aliphatic heterocycles. The van der Waals surface area contributed by atoms with Crippen LogP contribution in [0.3, 0.4) is 0 Å². The van der Waals surface area contributed by atoms with Crippen molar-refractivity contribution in [1.82, 2.24) is 5.32 Å². The van der Waals surface area contributed by atoms with Gasteiger partial charge in [-0.15, -0.1) is 6.58 Å². The summed E-state index contributed by atoms with van der Waals surface area (Å²) < 4.78 is 0. The maximum atomic E-state index is 11.1. The summed E-state index contributed by atoms with van der Waals surface area (Å²) in [6.07, 6.45) is 1.76. The van der Waals surface area contributed by atoms with E-state index in [1.807, 2.05) is 20.8 Å². The Labute approximate surface area is 86.2 Å². The van der Waals surface area contributed by atoms with E-state index in [1.54, 1.807) is 19.9 Å². The summed E-state index contributed by atoms with van der Waals surface area (Å²) in [7, 11) is 0. The van der Waals surface area contributed by atoms with Gasteiger partial charge in [0.25, 0.3) is 0 Å². The van der Waals surface area contributed by atoms with Gasteiger partial charge in [0, 0.05) is 11.6 Å². The van der Waals surface area contributed by atoms with Gasteiger partial charge in [0.1, 0.15) is 0 Å². The predicted octanol–water partition coefficient (Wildman–Crippen LogP) is 2.04. The predicted molar refractivity (Wildman–Crippen MR) is 58.3 cm³/mol. The molecule has 0 saturated carbocycles. The first kappa shape index (κ1) is 13.2. The molecular formula is C11H21NO2. The molecule has 2 N–H and O–H groups in total. The monoisotopic (exact) mass is 199 g/mol. The normalized spacial score (nSPS) is 14.9. The van der Waals surface area contributed by atoms with Crippen molar-refractivity contribution in [2.45, 2.75) is 46.2 Å². The molecule has 0 aromatic heterocycles. The van der Waals surface area contributed by atoms with Crippen LogP contribution in [0.5, 0.6) is 0 Å². The largest absolute Gasteiger partial charge is 0.481 e. The number of hydrogen-bond acceptors (Lipinski definition) is 2. The third kappa shape index (κ3) is 2.58. The van der Waals surface area contributed by atoms with Crippen LogP contribution < -0.4 is 5.32 Å². The van der Waals surface area contributed by atoms with Crippen LogP contribution in [0, 0.1) is 5.41 Å². The summed E-state index contributed by atoms with van der Waals surface area (Å²) in [4.78, 5) is 11.1. The second kappa shape index (κ2) is 4.13. The zero-order chi connectivity index (χ0) is 11.6. The molecule has 0 fully saturated rings. The second-order valence-corrected chi connectivity index (χ2v) is 4.72. The number of nitrogens with one attached hydrogen (secondary N) is 1. The van der Waals surface area contributed by atoms with Crippen LogP contribution in [-0.4, -0.2) is 22.7 Å². The molecule has 0 saturated heterocycles. The molecule has 0 spiro atoms. The number of hydrogen-bond donors (Lipinski definition) is 2. The Morgan fingerprint density at radius 1 is 1.43 bits per heavy atom. The Morgan fingerprint density at radius 2 is 1.86 bits per heavy atom. The van der Waals surface area contributed by atoms with E-state index >= 15 is 0 Å². The van der Waals surface area contributed by atoms with Crippen molar-refractivity contribution in [3.05, 3.63) is 12.7 Å². The third-order valence-electron chi connectivity index (χ3n) is 3.04. The highest BCUT2D eigenvalue weighted by Gasteiger charge is 2.43. The minimum absolute atomic E-state index is 0.101. The molecule has 1 unspecified atom stereocenters. The number of aliphatic carboxylic acids is 1. The Kier molecular flexibility index (Phi) is 3.89. The fourth-order valence-electron chi connectivity index (χ4n) is 1.08. The van der Waals surface area contributed by atoms with E-state index in [-0.39, 0.29) is 6.04 Å². The highest BCUT2D eigenvalue weighted by molar-refractivity contribution is 5.75. The SMILES string of the molecule is C=CC(C)NC(C)(C)C(C)(C)C(=O)O. The summed E-state index contributed by atoms with van der Waals surface area (Å²) in [5.74, 6) is -0.800. The summed E-state index contributed by atoms with van der Waals surface area (Å²) in [6.45, 7) is 12.8. The molecule has 0 aromatic carbocycles. The van der Waals surface area contributed by atoms with Crippen LogP contribution in [0.15, 0.2) is 12.7 Å². The van der Waals surface area contributed by atoms with Gasteiger partial charge in [0.2, 0.25) is 0 Å². The molecule has 1 atom stereocenters. The van der Waals surface area contributed by atoms with Crippen LogP contribution in [0.4, 0.5) is 0 Å². The maximum Gasteiger partial charge on any atom is 0.310 e. The lowest BCUT2D eigenvalue weighted by atomic mass is 9.74. The van der Waals surface area contributed by atoms with Gasteiger partial charge in [-0.1, -0.05) is 6.08 Å². The van der Waals surface area contributed by atoms with Gasteiger partial charge in [-0.25, -0.2) is 0 Å². The number of carboxylic acid groups (broad SMARTS) is 1. The first-order valence-corrected chi connectivity index (χ1v) is 4.79. The van der Waals surface area contributed by atoms with Crippen LogP contribution in [0.1, 0.15) is 34.6 Å². The summed E-state index contributed by atoms with van der Waals surface area (Å²) in [5.41, 5.74) is -1.29. The topological polar surface area (TPSA) is 49.3 Å². The molecule has 0 aliphatic rings. The molecule has 0 bridgehead atoms. The van der Waals surface area contributed by atoms with Gasteiger partial charge in [-0.05, 0) is 34.6 Å². The first-order chi connectivity index (χ1) is 6.15. The van der Waals surface area contributed by atoms with Gasteiger partial charge in [0.15, 0.2) is 0 Å². The van der Waals surface area contributed by atoms with Crippen LogP contribution >= 0.6 is 0 Å². The summed E-state index contributed by atoms with van der Waals surface area (Å²) >= 11 is 0. The fourth-order valence-corrected chi connectivity index (χ4v) is 1.08. The lowest BCUT2D eigenvalue weighted by Crippen LogP contribution is -2.57. The van der Waals surface area contributed by atoms with Gasteiger partial charge in [0.05, 0.1) is 5.41 Å². The molecule has 14 heavy (non-hydrogen) atoms. The van der Waals surface area contributed by atoms with E-state index in [0.717, 1.165) is 0 Å². The van der Waals surface area contributed by atoms with Gasteiger partial charge >= 0.3 is 5.97 Å². The lowest BCUT2D eigenvalue weighted by molar-refractivity contribution is -0.151. The van der Waals surface area contributed by atoms with Crippen molar-refractivity contribution >= 4 is 5.97 Å². The standard InChI is InChI=1S/C11H21NO2/c1-7-8(2)12-11(5,6)10(3,4)9(13)14/h7-8,12H,1H2,2-6H3,(H,13,14). The number of carbonyl (C=O) groups is 1. The summed E-state index contributed by atoms with van der Waals surface area (Å²) in [6, 6.07) is 0.101. The number of carboxylic acids is 1. The van der Waals surface area contributed by atoms with Gasteiger partial charge in [-0.2, -0.15) is 0 Å². The van der Waals surface area contributed by atoms with E-state index in [2.05, 4.69) is 11.9 Å². The maximum absolute atomic E-state index is 11.1. The fraction of sp³-hybridized carbons (Fsp3) is 0.727. The van der Waals surface area contributed by atoms with Crippen molar-refractivity contribution < 1.29 is 9.90 Å². The van der Waals surface area contributed by atoms with E-state index in [9.17, 15) is 4.79 Å². The molecule has 0 rings (SSSR count). The van der Waals surface area contributed by atoms with E-state index in [1.165, 1.54) is 0 Å². The molecule has 0 amide bonds. The van der Waals surface area contributed by atoms with E-state index < -0.39 is 16.9 Å². The minimum Gasteiger partial charge on any atom is -0.481 e. The van der Waals surface area contributed by atoms with Crippen molar-refractivity contribution in [3.63, 3.8) is 0 Å². The molecular weight excluding hydrogens is 178 g/mol. The highest BCUT2D eigenvalue weighted by atomic mass is 16.4. The van der Waals surface area contributed by atoms with E-state index in [4.69, 9.17) is 5.11 Å². The van der Waals surface area contributed by atoms with Crippen molar-refractivity contribution in [1.29, 1.82) is 0 Å². The zero-order valence-electron chi connectivity index (χ0n) is 9.72. The summed E-state index contributed by atoms with van der Waals surface area (Å²) in [5, 5.41) is 12.3. The van der Waals surface area contributed by atoms with Gasteiger partial charge in [-0.3, -0.25) is 4.79 Å². The van der Waals surface area contributed by atoms with E-state index in [0.29, 0.717) is 0 Å². The quantitative estimate of drug-likeness (QED) is 0.666. The molecule has 0 aromatic rings. The van der Waals surface area contributed by atoms with Crippen LogP contribution in [0.2, 0.25) is 0 Å². The Bertz CT molecular complexity index is 231. The molecule has 0 heterocycles. The average molecular weight is 199 g/mol. The van der Waals surface area contributed by atoms with Crippen LogP contribution in [-0.2, 0) is 4.79 Å².